The summed E-state index contributed by atoms with van der Waals surface area (Å²) in [5, 5.41) is 12.1. The number of carbonyl (C=O) groups is 2. The van der Waals surface area contributed by atoms with E-state index in [0.29, 0.717) is 31.5 Å². The van der Waals surface area contributed by atoms with E-state index in [1.165, 1.54) is 24.3 Å². The molecule has 0 saturated carbocycles. The number of phenols is 1. The average Bonchev–Trinajstić information content (AvgIpc) is 2.67. The van der Waals surface area contributed by atoms with Crippen molar-refractivity contribution in [1.29, 1.82) is 0 Å². The van der Waals surface area contributed by atoms with Crippen molar-refractivity contribution >= 4 is 11.8 Å². The number of aromatic hydroxyl groups is 1. The van der Waals surface area contributed by atoms with Gasteiger partial charge in [0.1, 0.15) is 5.75 Å². The molecule has 2 N–H and O–H groups in total. The highest BCUT2D eigenvalue weighted by molar-refractivity contribution is 5.96. The second-order valence-corrected chi connectivity index (χ2v) is 6.63. The van der Waals surface area contributed by atoms with Crippen LogP contribution in [0.5, 0.6) is 5.75 Å². The highest BCUT2D eigenvalue weighted by Gasteiger charge is 2.35. The Morgan fingerprint density at radius 1 is 1.04 bits per heavy atom. The van der Waals surface area contributed by atoms with Crippen LogP contribution in [0.15, 0.2) is 48.5 Å². The van der Waals surface area contributed by atoms with Gasteiger partial charge in [0, 0.05) is 24.7 Å². The van der Waals surface area contributed by atoms with Gasteiger partial charge in [-0.25, -0.2) is 0 Å². The van der Waals surface area contributed by atoms with Crippen LogP contribution in [0, 0.1) is 0 Å². The van der Waals surface area contributed by atoms with Gasteiger partial charge >= 0.3 is 6.18 Å². The van der Waals surface area contributed by atoms with Crippen molar-refractivity contribution in [3.05, 3.63) is 65.2 Å². The van der Waals surface area contributed by atoms with Crippen molar-refractivity contribution in [1.82, 2.24) is 10.2 Å². The van der Waals surface area contributed by atoms with Crippen LogP contribution < -0.4 is 5.32 Å². The molecule has 28 heavy (non-hydrogen) atoms. The molecule has 2 aromatic carbocycles. The topological polar surface area (TPSA) is 69.6 Å². The molecule has 5 nitrogen and oxygen atoms in total. The molecule has 0 radical (unpaired) electrons. The Kier molecular flexibility index (Phi) is 5.58. The molecule has 0 atom stereocenters. The van der Waals surface area contributed by atoms with Crippen LogP contribution in [0.4, 0.5) is 13.2 Å². The van der Waals surface area contributed by atoms with Crippen molar-refractivity contribution < 1.29 is 27.9 Å². The molecule has 8 heteroatoms. The van der Waals surface area contributed by atoms with Gasteiger partial charge in [0.25, 0.3) is 11.8 Å². The van der Waals surface area contributed by atoms with E-state index in [-0.39, 0.29) is 17.7 Å². The van der Waals surface area contributed by atoms with E-state index in [0.717, 1.165) is 12.1 Å². The number of alkyl halides is 3. The second-order valence-electron chi connectivity index (χ2n) is 6.63. The first-order valence-electron chi connectivity index (χ1n) is 8.81. The monoisotopic (exact) mass is 392 g/mol. The van der Waals surface area contributed by atoms with Gasteiger partial charge in [0.05, 0.1) is 11.1 Å². The number of halogens is 3. The molecule has 0 aliphatic carbocycles. The minimum Gasteiger partial charge on any atom is -0.508 e. The van der Waals surface area contributed by atoms with E-state index < -0.39 is 23.2 Å². The lowest BCUT2D eigenvalue weighted by Crippen LogP contribution is -2.46. The molecule has 1 aliphatic rings. The number of nitrogens with one attached hydrogen (secondary N) is 1. The summed E-state index contributed by atoms with van der Waals surface area (Å²) in [6.07, 6.45) is -3.74. The predicted molar refractivity (Wildman–Crippen MR) is 95.9 cm³/mol. The quantitative estimate of drug-likeness (QED) is 0.841. The molecule has 2 amide bonds. The Morgan fingerprint density at radius 3 is 2.36 bits per heavy atom. The number of hydrogen-bond donors (Lipinski definition) is 2. The van der Waals surface area contributed by atoms with Gasteiger partial charge in [-0.05, 0) is 43.2 Å². The summed E-state index contributed by atoms with van der Waals surface area (Å²) in [5.74, 6) is -1.01. The van der Waals surface area contributed by atoms with Crippen LogP contribution >= 0.6 is 0 Å². The van der Waals surface area contributed by atoms with Gasteiger partial charge in [-0.1, -0.05) is 18.2 Å². The molecule has 0 unspecified atom stereocenters. The number of likely N-dealkylation sites (tertiary alicyclic amines) is 1. The third-order valence-corrected chi connectivity index (χ3v) is 4.69. The summed E-state index contributed by atoms with van der Waals surface area (Å²) in [6.45, 7) is 0.723. The maximum atomic E-state index is 13.1. The summed E-state index contributed by atoms with van der Waals surface area (Å²) in [6, 6.07) is 10.4. The van der Waals surface area contributed by atoms with Crippen LogP contribution in [0.3, 0.4) is 0 Å². The molecule has 0 bridgehead atoms. The number of phenolic OH excluding ortho intramolecular Hbond substituents is 1. The van der Waals surface area contributed by atoms with E-state index in [2.05, 4.69) is 5.32 Å². The molecule has 1 aliphatic heterocycles. The van der Waals surface area contributed by atoms with E-state index in [9.17, 15) is 27.9 Å². The molecule has 2 aromatic rings. The van der Waals surface area contributed by atoms with Gasteiger partial charge in [-0.3, -0.25) is 9.59 Å². The van der Waals surface area contributed by atoms with Crippen LogP contribution in [0.25, 0.3) is 0 Å². The number of rotatable bonds is 3. The largest absolute Gasteiger partial charge is 0.508 e. The maximum Gasteiger partial charge on any atom is 0.417 e. The Balaban J connectivity index is 1.61. The maximum absolute atomic E-state index is 13.1. The average molecular weight is 392 g/mol. The van der Waals surface area contributed by atoms with Crippen LogP contribution in [0.1, 0.15) is 39.1 Å². The predicted octanol–water partition coefficient (Wildman–Crippen LogP) is 3.45. The zero-order valence-corrected chi connectivity index (χ0v) is 14.9. The summed E-state index contributed by atoms with van der Waals surface area (Å²) in [4.78, 5) is 26.4. The first-order chi connectivity index (χ1) is 13.3. The summed E-state index contributed by atoms with van der Waals surface area (Å²) in [7, 11) is 0. The van der Waals surface area contributed by atoms with Gasteiger partial charge in [0.2, 0.25) is 0 Å². The van der Waals surface area contributed by atoms with Crippen molar-refractivity contribution in [3.63, 3.8) is 0 Å². The number of hydrogen-bond acceptors (Lipinski definition) is 3. The van der Waals surface area contributed by atoms with Crippen LogP contribution in [0.2, 0.25) is 0 Å². The standard InChI is InChI=1S/C20H19F3N2O3/c21-20(22,23)17-7-2-1-6-16(17)18(27)24-14-8-10-25(11-9-14)19(28)13-4-3-5-15(26)12-13/h1-7,12,14,26H,8-11H2,(H,24,27). The van der Waals surface area contributed by atoms with Gasteiger partial charge in [-0.15, -0.1) is 0 Å². The highest BCUT2D eigenvalue weighted by Crippen LogP contribution is 2.32. The van der Waals surface area contributed by atoms with E-state index in [1.807, 2.05) is 0 Å². The highest BCUT2D eigenvalue weighted by atomic mass is 19.4. The number of amides is 2. The number of nitrogens with zero attached hydrogens (tertiary/aromatic N) is 1. The lowest BCUT2D eigenvalue weighted by molar-refractivity contribution is -0.137. The molecule has 1 fully saturated rings. The van der Waals surface area contributed by atoms with E-state index in [1.54, 1.807) is 17.0 Å². The Bertz CT molecular complexity index is 875. The summed E-state index contributed by atoms with van der Waals surface area (Å²) < 4.78 is 39.2. The fraction of sp³-hybridized carbons (Fsp3) is 0.300. The molecule has 1 heterocycles. The van der Waals surface area contributed by atoms with Gasteiger partial charge in [-0.2, -0.15) is 13.2 Å². The SMILES string of the molecule is O=C(NC1CCN(C(=O)c2cccc(O)c2)CC1)c1ccccc1C(F)(F)F. The lowest BCUT2D eigenvalue weighted by Gasteiger charge is -2.32. The Hall–Kier alpha value is -3.03. The van der Waals surface area contributed by atoms with Crippen molar-refractivity contribution in [2.75, 3.05) is 13.1 Å². The molecule has 0 spiro atoms. The summed E-state index contributed by atoms with van der Waals surface area (Å²) >= 11 is 0. The Morgan fingerprint density at radius 2 is 1.71 bits per heavy atom. The van der Waals surface area contributed by atoms with Crippen molar-refractivity contribution in [2.24, 2.45) is 0 Å². The lowest BCUT2D eigenvalue weighted by atomic mass is 10.0. The van der Waals surface area contributed by atoms with E-state index >= 15 is 0 Å². The number of piperidine rings is 1. The van der Waals surface area contributed by atoms with Gasteiger partial charge in [0.15, 0.2) is 0 Å². The first kappa shape index (κ1) is 19.7. The second kappa shape index (κ2) is 7.92. The molecule has 0 aromatic heterocycles. The number of benzene rings is 2. The minimum atomic E-state index is -4.61. The molecule has 148 valence electrons. The third-order valence-electron chi connectivity index (χ3n) is 4.69. The van der Waals surface area contributed by atoms with E-state index in [4.69, 9.17) is 0 Å². The zero-order valence-electron chi connectivity index (χ0n) is 14.9. The smallest absolute Gasteiger partial charge is 0.417 e. The fourth-order valence-corrected chi connectivity index (χ4v) is 3.24. The van der Waals surface area contributed by atoms with Crippen LogP contribution in [-0.2, 0) is 6.18 Å². The Labute approximate surface area is 159 Å². The normalized spacial score (nSPS) is 15.3. The van der Waals surface area contributed by atoms with Crippen molar-refractivity contribution in [2.45, 2.75) is 25.1 Å². The number of carbonyl (C=O) groups excluding carboxylic acids is 2. The summed E-state index contributed by atoms with van der Waals surface area (Å²) in [5.41, 5.74) is -1.01. The molecule has 1 saturated heterocycles. The molecule has 3 rings (SSSR count). The molecular formula is C20H19F3N2O3. The van der Waals surface area contributed by atoms with Crippen molar-refractivity contribution in [3.8, 4) is 5.75 Å². The zero-order chi connectivity index (χ0) is 20.3. The minimum absolute atomic E-state index is 0.00340. The van der Waals surface area contributed by atoms with Crippen LogP contribution in [-0.4, -0.2) is 41.0 Å². The molecular weight excluding hydrogens is 373 g/mol. The van der Waals surface area contributed by atoms with Gasteiger partial charge < -0.3 is 15.3 Å². The third kappa shape index (κ3) is 4.44. The first-order valence-corrected chi connectivity index (χ1v) is 8.81. The fourth-order valence-electron chi connectivity index (χ4n) is 3.24.